The number of benzene rings is 1. The number of amides is 1. The summed E-state index contributed by atoms with van der Waals surface area (Å²) >= 11 is 5.86. The van der Waals surface area contributed by atoms with Crippen molar-refractivity contribution in [2.75, 3.05) is 6.54 Å². The predicted octanol–water partition coefficient (Wildman–Crippen LogP) is 3.48. The molecule has 0 radical (unpaired) electrons. The summed E-state index contributed by atoms with van der Waals surface area (Å²) in [6.07, 6.45) is 4.45. The Morgan fingerprint density at radius 2 is 1.96 bits per heavy atom. The molecule has 130 valence electrons. The van der Waals surface area contributed by atoms with Crippen molar-refractivity contribution in [3.8, 4) is 11.5 Å². The summed E-state index contributed by atoms with van der Waals surface area (Å²) in [6.45, 7) is 2.54. The van der Waals surface area contributed by atoms with Crippen LogP contribution in [0.1, 0.15) is 50.9 Å². The van der Waals surface area contributed by atoms with Crippen molar-refractivity contribution in [1.82, 2.24) is 15.5 Å². The normalized spacial score (nSPS) is 12.1. The smallest absolute Gasteiger partial charge is 0.257 e. The van der Waals surface area contributed by atoms with Crippen LogP contribution in [0, 0.1) is 0 Å². The van der Waals surface area contributed by atoms with Gasteiger partial charge in [0.1, 0.15) is 0 Å². The summed E-state index contributed by atoms with van der Waals surface area (Å²) in [6, 6.07) is 6.84. The van der Waals surface area contributed by atoms with Crippen LogP contribution in [0.2, 0.25) is 5.02 Å². The maximum Gasteiger partial charge on any atom is 0.257 e. The molecule has 2 aromatic rings. The van der Waals surface area contributed by atoms with Gasteiger partial charge in [0.05, 0.1) is 6.04 Å². The molecular formula is C17H23ClN4O2. The van der Waals surface area contributed by atoms with Gasteiger partial charge in [0.15, 0.2) is 5.82 Å². The Bertz CT molecular complexity index is 642. The lowest BCUT2D eigenvalue weighted by molar-refractivity contribution is -0.121. The Kier molecular flexibility index (Phi) is 7.21. The van der Waals surface area contributed by atoms with Crippen LogP contribution >= 0.6 is 11.6 Å². The Labute approximate surface area is 146 Å². The molecule has 0 saturated carbocycles. The number of carbonyl (C=O) groups is 1. The van der Waals surface area contributed by atoms with Crippen molar-refractivity contribution in [2.24, 2.45) is 5.73 Å². The van der Waals surface area contributed by atoms with Crippen molar-refractivity contribution in [3.63, 3.8) is 0 Å². The van der Waals surface area contributed by atoms with E-state index in [1.54, 1.807) is 12.1 Å². The van der Waals surface area contributed by atoms with Crippen molar-refractivity contribution in [3.05, 3.63) is 35.1 Å². The van der Waals surface area contributed by atoms with Crippen LogP contribution in [0.3, 0.4) is 0 Å². The molecule has 0 fully saturated rings. The second-order valence-corrected chi connectivity index (χ2v) is 6.14. The second kappa shape index (κ2) is 9.39. The average Bonchev–Trinajstić information content (AvgIpc) is 3.05. The van der Waals surface area contributed by atoms with Crippen molar-refractivity contribution < 1.29 is 9.32 Å². The maximum absolute atomic E-state index is 11.9. The zero-order chi connectivity index (χ0) is 17.4. The molecule has 0 spiro atoms. The summed E-state index contributed by atoms with van der Waals surface area (Å²) < 4.78 is 5.25. The highest BCUT2D eigenvalue weighted by Gasteiger charge is 2.16. The fourth-order valence-corrected chi connectivity index (χ4v) is 2.41. The van der Waals surface area contributed by atoms with Gasteiger partial charge in [-0.15, -0.1) is 0 Å². The Morgan fingerprint density at radius 1 is 1.25 bits per heavy atom. The van der Waals surface area contributed by atoms with E-state index >= 15 is 0 Å². The molecule has 2 rings (SSSR count). The minimum Gasteiger partial charge on any atom is -0.346 e. The summed E-state index contributed by atoms with van der Waals surface area (Å²) in [4.78, 5) is 16.3. The fraction of sp³-hybridized carbons (Fsp3) is 0.471. The van der Waals surface area contributed by atoms with Gasteiger partial charge in [-0.25, -0.2) is 0 Å². The van der Waals surface area contributed by atoms with Crippen LogP contribution in [-0.2, 0) is 4.79 Å². The molecule has 0 aliphatic carbocycles. The van der Waals surface area contributed by atoms with Crippen LogP contribution < -0.4 is 11.1 Å². The first kappa shape index (κ1) is 18.4. The molecule has 3 N–H and O–H groups in total. The lowest BCUT2D eigenvalue weighted by atomic mass is 10.1. The molecule has 1 heterocycles. The van der Waals surface area contributed by atoms with Gasteiger partial charge in [-0.3, -0.25) is 4.79 Å². The topological polar surface area (TPSA) is 94.0 Å². The minimum absolute atomic E-state index is 0.00640. The van der Waals surface area contributed by atoms with Crippen molar-refractivity contribution >= 4 is 17.5 Å². The zero-order valence-electron chi connectivity index (χ0n) is 13.8. The molecular weight excluding hydrogens is 328 g/mol. The van der Waals surface area contributed by atoms with Crippen LogP contribution in [0.25, 0.3) is 11.5 Å². The molecule has 7 heteroatoms. The highest BCUT2D eigenvalue weighted by atomic mass is 35.5. The molecule has 6 nitrogen and oxygen atoms in total. The van der Waals surface area contributed by atoms with Gasteiger partial charge in [0.2, 0.25) is 5.91 Å². The minimum atomic E-state index is -0.300. The number of carbonyl (C=O) groups excluding carboxylic acids is 1. The number of nitrogens with one attached hydrogen (secondary N) is 1. The first-order valence-electron chi connectivity index (χ1n) is 8.19. The summed E-state index contributed by atoms with van der Waals surface area (Å²) in [5.74, 6) is 0.856. The van der Waals surface area contributed by atoms with E-state index in [0.717, 1.165) is 31.2 Å². The third kappa shape index (κ3) is 5.62. The van der Waals surface area contributed by atoms with E-state index in [0.29, 0.717) is 29.7 Å². The van der Waals surface area contributed by atoms with E-state index in [1.165, 1.54) is 0 Å². The highest BCUT2D eigenvalue weighted by Crippen LogP contribution is 2.21. The van der Waals surface area contributed by atoms with Gasteiger partial charge in [-0.1, -0.05) is 29.6 Å². The number of halogens is 1. The van der Waals surface area contributed by atoms with E-state index in [4.69, 9.17) is 21.9 Å². The zero-order valence-corrected chi connectivity index (χ0v) is 14.6. The summed E-state index contributed by atoms with van der Waals surface area (Å²) in [5, 5.41) is 7.48. The molecule has 0 bridgehead atoms. The number of nitrogens with two attached hydrogens (primary N) is 1. The van der Waals surface area contributed by atoms with Gasteiger partial charge in [-0.05, 0) is 50.6 Å². The molecule has 0 saturated heterocycles. The average molecular weight is 351 g/mol. The molecule has 1 aromatic carbocycles. The van der Waals surface area contributed by atoms with Crippen LogP contribution in [0.15, 0.2) is 28.8 Å². The van der Waals surface area contributed by atoms with E-state index in [-0.39, 0.29) is 11.9 Å². The van der Waals surface area contributed by atoms with Crippen molar-refractivity contribution in [1.29, 1.82) is 0 Å². The van der Waals surface area contributed by atoms with E-state index < -0.39 is 0 Å². The maximum atomic E-state index is 11.9. The first-order chi connectivity index (χ1) is 11.6. The number of hydrogen-bond acceptors (Lipinski definition) is 5. The third-order valence-electron chi connectivity index (χ3n) is 3.66. The summed E-state index contributed by atoms with van der Waals surface area (Å²) in [5.41, 5.74) is 6.23. The number of hydrogen-bond donors (Lipinski definition) is 2. The molecule has 0 aliphatic rings. The van der Waals surface area contributed by atoms with Crippen LogP contribution in [0.4, 0.5) is 0 Å². The third-order valence-corrected chi connectivity index (χ3v) is 3.91. The molecule has 1 amide bonds. The van der Waals surface area contributed by atoms with Gasteiger partial charge >= 0.3 is 0 Å². The number of rotatable bonds is 9. The van der Waals surface area contributed by atoms with Crippen LogP contribution in [0.5, 0.6) is 0 Å². The Balaban J connectivity index is 1.83. The number of nitrogens with zero attached hydrogens (tertiary/aromatic N) is 2. The SMILES string of the molecule is CC(NC(=O)CCCCCCN)c1noc(-c2ccc(Cl)cc2)n1. The van der Waals surface area contributed by atoms with E-state index in [9.17, 15) is 4.79 Å². The lowest BCUT2D eigenvalue weighted by Gasteiger charge is -2.09. The molecule has 24 heavy (non-hydrogen) atoms. The molecule has 1 atom stereocenters. The summed E-state index contributed by atoms with van der Waals surface area (Å²) in [7, 11) is 0. The second-order valence-electron chi connectivity index (χ2n) is 5.71. The molecule has 0 aliphatic heterocycles. The van der Waals surface area contributed by atoms with E-state index in [2.05, 4.69) is 15.5 Å². The Morgan fingerprint density at radius 3 is 2.67 bits per heavy atom. The standard InChI is InChI=1S/C17H23ClN4O2/c1-12(20-15(23)6-4-2-3-5-11-19)16-21-17(24-22-16)13-7-9-14(18)10-8-13/h7-10,12H,2-6,11,19H2,1H3,(H,20,23). The van der Waals surface area contributed by atoms with E-state index in [1.807, 2.05) is 19.1 Å². The molecule has 1 aromatic heterocycles. The monoisotopic (exact) mass is 350 g/mol. The van der Waals surface area contributed by atoms with Gasteiger partial charge in [0.25, 0.3) is 5.89 Å². The van der Waals surface area contributed by atoms with Crippen molar-refractivity contribution in [2.45, 2.75) is 45.1 Å². The number of aromatic nitrogens is 2. The number of unbranched alkanes of at least 4 members (excludes halogenated alkanes) is 3. The van der Waals surface area contributed by atoms with Gasteiger partial charge < -0.3 is 15.6 Å². The predicted molar refractivity (Wildman–Crippen MR) is 93.4 cm³/mol. The first-order valence-corrected chi connectivity index (χ1v) is 8.57. The van der Waals surface area contributed by atoms with Gasteiger partial charge in [-0.2, -0.15) is 4.98 Å². The lowest BCUT2D eigenvalue weighted by Crippen LogP contribution is -2.27. The van der Waals surface area contributed by atoms with Crippen LogP contribution in [-0.4, -0.2) is 22.6 Å². The quantitative estimate of drug-likeness (QED) is 0.675. The highest BCUT2D eigenvalue weighted by molar-refractivity contribution is 6.30. The Hall–Kier alpha value is -1.92. The fourth-order valence-electron chi connectivity index (χ4n) is 2.28. The van der Waals surface area contributed by atoms with Gasteiger partial charge in [0, 0.05) is 17.0 Å². The largest absolute Gasteiger partial charge is 0.346 e. The molecule has 1 unspecified atom stereocenters.